The quantitative estimate of drug-likeness (QED) is 0.406. The lowest BCUT2D eigenvalue weighted by Crippen LogP contribution is -1.84. The van der Waals surface area contributed by atoms with Gasteiger partial charge in [-0.2, -0.15) is 0 Å². The summed E-state index contributed by atoms with van der Waals surface area (Å²) in [5.74, 6) is 0. The lowest BCUT2D eigenvalue weighted by Gasteiger charge is -2.04. The summed E-state index contributed by atoms with van der Waals surface area (Å²) in [6.07, 6.45) is 11.1. The normalized spacial score (nSPS) is 11.4. The first kappa shape index (κ1) is 14.8. The van der Waals surface area contributed by atoms with Crippen molar-refractivity contribution in [1.29, 1.82) is 0 Å². The molecule has 0 heterocycles. The van der Waals surface area contributed by atoms with Gasteiger partial charge < -0.3 is 0 Å². The number of benzene rings is 1. The van der Waals surface area contributed by atoms with Crippen LogP contribution in [-0.4, -0.2) is 0 Å². The fraction of sp³-hybridized carbons (Fsp3) is 0.444. The highest BCUT2D eigenvalue weighted by Gasteiger charge is 1.96. The molecule has 0 amide bonds. The molecular formula is C18H26. The summed E-state index contributed by atoms with van der Waals surface area (Å²) in [7, 11) is 0. The van der Waals surface area contributed by atoms with Gasteiger partial charge in [0.1, 0.15) is 0 Å². The molecule has 0 bridgehead atoms. The molecule has 18 heavy (non-hydrogen) atoms. The second kappa shape index (κ2) is 8.74. The SMILES string of the molecule is CCCCCC/C(C=C(C)C)=C\c1ccccc1. The van der Waals surface area contributed by atoms with Crippen molar-refractivity contribution >= 4 is 6.08 Å². The number of unbranched alkanes of at least 4 members (excludes halogenated alkanes) is 3. The molecule has 0 aliphatic carbocycles. The van der Waals surface area contributed by atoms with Gasteiger partial charge >= 0.3 is 0 Å². The zero-order valence-corrected chi connectivity index (χ0v) is 12.1. The highest BCUT2D eigenvalue weighted by Crippen LogP contribution is 2.17. The zero-order chi connectivity index (χ0) is 13.2. The third-order valence-electron chi connectivity index (χ3n) is 2.94. The lowest BCUT2D eigenvalue weighted by atomic mass is 10.0. The minimum Gasteiger partial charge on any atom is -0.0762 e. The Hall–Kier alpha value is -1.30. The van der Waals surface area contributed by atoms with E-state index in [4.69, 9.17) is 0 Å². The molecule has 0 N–H and O–H groups in total. The maximum Gasteiger partial charge on any atom is -0.0254 e. The molecule has 1 aromatic carbocycles. The van der Waals surface area contributed by atoms with Crippen molar-refractivity contribution in [2.24, 2.45) is 0 Å². The number of rotatable bonds is 7. The van der Waals surface area contributed by atoms with Gasteiger partial charge in [0.05, 0.1) is 0 Å². The van der Waals surface area contributed by atoms with E-state index in [0.29, 0.717) is 0 Å². The topological polar surface area (TPSA) is 0 Å². The summed E-state index contributed by atoms with van der Waals surface area (Å²) in [6, 6.07) is 10.6. The molecule has 0 aliphatic heterocycles. The Kier molecular flexibility index (Phi) is 7.17. The van der Waals surface area contributed by atoms with Crippen LogP contribution in [0.15, 0.2) is 47.6 Å². The van der Waals surface area contributed by atoms with Crippen molar-refractivity contribution in [3.8, 4) is 0 Å². The molecule has 0 radical (unpaired) electrons. The Labute approximate surface area is 112 Å². The Morgan fingerprint density at radius 1 is 1.00 bits per heavy atom. The van der Waals surface area contributed by atoms with Gasteiger partial charge in [-0.1, -0.05) is 74.2 Å². The van der Waals surface area contributed by atoms with Crippen LogP contribution in [0.25, 0.3) is 6.08 Å². The molecule has 0 atom stereocenters. The van der Waals surface area contributed by atoms with E-state index >= 15 is 0 Å². The third kappa shape index (κ3) is 6.44. The lowest BCUT2D eigenvalue weighted by molar-refractivity contribution is 0.669. The highest BCUT2D eigenvalue weighted by atomic mass is 14.0. The fourth-order valence-electron chi connectivity index (χ4n) is 2.08. The molecule has 0 heteroatoms. The molecule has 0 nitrogen and oxygen atoms in total. The standard InChI is InChI=1S/C18H26/c1-4-5-6-8-13-18(14-16(2)3)15-17-11-9-7-10-12-17/h7,9-12,14-15H,4-6,8,13H2,1-3H3/b18-15+. The first-order chi connectivity index (χ1) is 8.72. The Balaban J connectivity index is 2.66. The molecule has 1 rings (SSSR count). The van der Waals surface area contributed by atoms with E-state index in [0.717, 1.165) is 0 Å². The largest absolute Gasteiger partial charge is 0.0762 e. The van der Waals surface area contributed by atoms with E-state index in [1.807, 2.05) is 0 Å². The maximum absolute atomic E-state index is 2.32. The predicted molar refractivity (Wildman–Crippen MR) is 82.6 cm³/mol. The average Bonchev–Trinajstić information content (AvgIpc) is 2.35. The molecule has 0 saturated carbocycles. The molecule has 0 unspecified atom stereocenters. The molecule has 0 aliphatic rings. The van der Waals surface area contributed by atoms with Gasteiger partial charge in [0, 0.05) is 0 Å². The van der Waals surface area contributed by atoms with Crippen LogP contribution < -0.4 is 0 Å². The second-order valence-corrected chi connectivity index (χ2v) is 5.16. The number of hydrogen-bond donors (Lipinski definition) is 0. The molecule has 0 spiro atoms. The van der Waals surface area contributed by atoms with Crippen LogP contribution in [-0.2, 0) is 0 Å². The van der Waals surface area contributed by atoms with Gasteiger partial charge in [-0.25, -0.2) is 0 Å². The van der Waals surface area contributed by atoms with E-state index < -0.39 is 0 Å². The molecular weight excluding hydrogens is 216 g/mol. The van der Waals surface area contributed by atoms with E-state index in [1.165, 1.54) is 48.8 Å². The van der Waals surface area contributed by atoms with Crippen LogP contribution in [0.1, 0.15) is 58.4 Å². The maximum atomic E-state index is 2.32. The highest BCUT2D eigenvalue weighted by molar-refractivity contribution is 5.55. The average molecular weight is 242 g/mol. The van der Waals surface area contributed by atoms with Crippen molar-refractivity contribution in [1.82, 2.24) is 0 Å². The minimum absolute atomic E-state index is 1.19. The van der Waals surface area contributed by atoms with E-state index in [1.54, 1.807) is 0 Å². The first-order valence-electron chi connectivity index (χ1n) is 7.13. The smallest absolute Gasteiger partial charge is 0.0254 e. The summed E-state index contributed by atoms with van der Waals surface area (Å²) < 4.78 is 0. The van der Waals surface area contributed by atoms with E-state index in [2.05, 4.69) is 63.3 Å². The van der Waals surface area contributed by atoms with E-state index in [-0.39, 0.29) is 0 Å². The summed E-state index contributed by atoms with van der Waals surface area (Å²) >= 11 is 0. The second-order valence-electron chi connectivity index (χ2n) is 5.16. The molecule has 98 valence electrons. The van der Waals surface area contributed by atoms with E-state index in [9.17, 15) is 0 Å². The van der Waals surface area contributed by atoms with Gasteiger partial charge in [-0.15, -0.1) is 0 Å². The molecule has 0 fully saturated rings. The van der Waals surface area contributed by atoms with Crippen molar-refractivity contribution in [3.05, 3.63) is 53.1 Å². The van der Waals surface area contributed by atoms with Crippen molar-refractivity contribution in [2.45, 2.75) is 52.9 Å². The summed E-state index contributed by atoms with van der Waals surface area (Å²) in [5.41, 5.74) is 4.14. The monoisotopic (exact) mass is 242 g/mol. The molecule has 0 saturated heterocycles. The van der Waals surface area contributed by atoms with Gasteiger partial charge in [-0.05, 0) is 37.8 Å². The zero-order valence-electron chi connectivity index (χ0n) is 12.1. The van der Waals surface area contributed by atoms with Gasteiger partial charge in [0.15, 0.2) is 0 Å². The summed E-state index contributed by atoms with van der Waals surface area (Å²) in [4.78, 5) is 0. The fourth-order valence-corrected chi connectivity index (χ4v) is 2.08. The number of allylic oxidation sites excluding steroid dienone is 3. The van der Waals surface area contributed by atoms with Gasteiger partial charge in [-0.3, -0.25) is 0 Å². The first-order valence-corrected chi connectivity index (χ1v) is 7.13. The minimum atomic E-state index is 1.19. The van der Waals surface area contributed by atoms with Crippen LogP contribution in [0.4, 0.5) is 0 Å². The van der Waals surface area contributed by atoms with Gasteiger partial charge in [0.2, 0.25) is 0 Å². The third-order valence-corrected chi connectivity index (χ3v) is 2.94. The van der Waals surface area contributed by atoms with Crippen LogP contribution >= 0.6 is 0 Å². The van der Waals surface area contributed by atoms with Crippen LogP contribution in [0, 0.1) is 0 Å². The van der Waals surface area contributed by atoms with Crippen LogP contribution in [0.2, 0.25) is 0 Å². The summed E-state index contributed by atoms with van der Waals surface area (Å²) in [5, 5.41) is 0. The van der Waals surface area contributed by atoms with Crippen LogP contribution in [0.5, 0.6) is 0 Å². The summed E-state index contributed by atoms with van der Waals surface area (Å²) in [6.45, 7) is 6.60. The Morgan fingerprint density at radius 2 is 1.72 bits per heavy atom. The number of hydrogen-bond acceptors (Lipinski definition) is 0. The van der Waals surface area contributed by atoms with Crippen molar-refractivity contribution in [3.63, 3.8) is 0 Å². The van der Waals surface area contributed by atoms with Crippen LogP contribution in [0.3, 0.4) is 0 Å². The predicted octanol–water partition coefficient (Wildman–Crippen LogP) is 6.01. The van der Waals surface area contributed by atoms with Crippen molar-refractivity contribution < 1.29 is 0 Å². The molecule has 1 aromatic rings. The Bertz CT molecular complexity index is 378. The van der Waals surface area contributed by atoms with Gasteiger partial charge in [0.25, 0.3) is 0 Å². The van der Waals surface area contributed by atoms with Crippen molar-refractivity contribution in [2.75, 3.05) is 0 Å². The Morgan fingerprint density at radius 3 is 2.33 bits per heavy atom. The molecule has 0 aromatic heterocycles.